The standard InChI is InChI=1S/C20H18Cl2FN5O2S/c1-2-28-17(10-24-19(30)13-5-3-4-6-16(13)23)26-27-20(28)31-11-18(29)25-12-7-8-14(21)15(22)9-12/h3-9H,2,10-11H2,1H3,(H,24,30)(H,25,29). The number of aromatic nitrogens is 3. The highest BCUT2D eigenvalue weighted by atomic mass is 35.5. The average Bonchev–Trinajstić information content (AvgIpc) is 3.15. The molecule has 0 bridgehead atoms. The molecule has 1 heterocycles. The van der Waals surface area contributed by atoms with Gasteiger partial charge in [-0.25, -0.2) is 4.39 Å². The molecule has 162 valence electrons. The first kappa shape index (κ1) is 23.1. The topological polar surface area (TPSA) is 88.9 Å². The summed E-state index contributed by atoms with van der Waals surface area (Å²) in [5.74, 6) is -0.789. The number of thioether (sulfide) groups is 1. The summed E-state index contributed by atoms with van der Waals surface area (Å²) in [6.45, 7) is 2.50. The summed E-state index contributed by atoms with van der Waals surface area (Å²) < 4.78 is 15.5. The molecule has 1 aromatic heterocycles. The second-order valence-corrected chi connectivity index (χ2v) is 8.03. The van der Waals surface area contributed by atoms with Crippen LogP contribution < -0.4 is 10.6 Å². The number of nitrogens with one attached hydrogen (secondary N) is 2. The highest BCUT2D eigenvalue weighted by Gasteiger charge is 2.16. The van der Waals surface area contributed by atoms with Crippen molar-refractivity contribution in [1.82, 2.24) is 20.1 Å². The molecule has 0 spiro atoms. The largest absolute Gasteiger partial charge is 0.345 e. The molecule has 3 aromatic rings. The van der Waals surface area contributed by atoms with E-state index in [-0.39, 0.29) is 23.8 Å². The zero-order valence-corrected chi connectivity index (χ0v) is 18.7. The molecule has 2 amide bonds. The number of rotatable bonds is 8. The van der Waals surface area contributed by atoms with Crippen molar-refractivity contribution in [1.29, 1.82) is 0 Å². The molecule has 0 aliphatic heterocycles. The van der Waals surface area contributed by atoms with Gasteiger partial charge in [-0.3, -0.25) is 9.59 Å². The summed E-state index contributed by atoms with van der Waals surface area (Å²) in [6.07, 6.45) is 0. The molecule has 0 fully saturated rings. The minimum absolute atomic E-state index is 0.0429. The van der Waals surface area contributed by atoms with Crippen LogP contribution >= 0.6 is 35.0 Å². The number of hydrogen-bond donors (Lipinski definition) is 2. The van der Waals surface area contributed by atoms with E-state index in [1.807, 2.05) is 6.92 Å². The van der Waals surface area contributed by atoms with E-state index < -0.39 is 11.7 Å². The van der Waals surface area contributed by atoms with E-state index in [1.165, 1.54) is 30.0 Å². The summed E-state index contributed by atoms with van der Waals surface area (Å²) in [7, 11) is 0. The second-order valence-electron chi connectivity index (χ2n) is 6.27. The van der Waals surface area contributed by atoms with Crippen LogP contribution in [0.5, 0.6) is 0 Å². The Morgan fingerprint density at radius 3 is 2.61 bits per heavy atom. The van der Waals surface area contributed by atoms with Crippen LogP contribution in [0.3, 0.4) is 0 Å². The lowest BCUT2D eigenvalue weighted by Gasteiger charge is -2.09. The maximum atomic E-state index is 13.7. The molecular weight excluding hydrogens is 464 g/mol. The molecule has 31 heavy (non-hydrogen) atoms. The predicted octanol–water partition coefficient (Wildman–Crippen LogP) is 4.40. The fourth-order valence-corrected chi connectivity index (χ4v) is 3.79. The van der Waals surface area contributed by atoms with Crippen LogP contribution in [0.4, 0.5) is 10.1 Å². The van der Waals surface area contributed by atoms with Crippen LogP contribution in [0.2, 0.25) is 10.0 Å². The Morgan fingerprint density at radius 2 is 1.90 bits per heavy atom. The molecule has 7 nitrogen and oxygen atoms in total. The van der Waals surface area contributed by atoms with E-state index in [2.05, 4.69) is 20.8 Å². The lowest BCUT2D eigenvalue weighted by Crippen LogP contribution is -2.25. The average molecular weight is 482 g/mol. The van der Waals surface area contributed by atoms with Gasteiger partial charge in [0.15, 0.2) is 11.0 Å². The van der Waals surface area contributed by atoms with Gasteiger partial charge in [-0.15, -0.1) is 10.2 Å². The van der Waals surface area contributed by atoms with E-state index in [9.17, 15) is 14.0 Å². The third-order valence-corrected chi connectivity index (χ3v) is 5.88. The monoisotopic (exact) mass is 481 g/mol. The maximum absolute atomic E-state index is 13.7. The molecule has 0 radical (unpaired) electrons. The van der Waals surface area contributed by atoms with Crippen molar-refractivity contribution in [3.63, 3.8) is 0 Å². The first-order valence-corrected chi connectivity index (χ1v) is 11.0. The number of carbonyl (C=O) groups excluding carboxylic acids is 2. The molecule has 2 aromatic carbocycles. The van der Waals surface area contributed by atoms with Gasteiger partial charge < -0.3 is 15.2 Å². The van der Waals surface area contributed by atoms with Crippen LogP contribution in [0.1, 0.15) is 23.1 Å². The Labute approximate surface area is 192 Å². The van der Waals surface area contributed by atoms with Gasteiger partial charge in [-0.1, -0.05) is 47.1 Å². The van der Waals surface area contributed by atoms with Gasteiger partial charge in [0, 0.05) is 12.2 Å². The molecule has 0 aliphatic carbocycles. The van der Waals surface area contributed by atoms with Crippen molar-refractivity contribution < 1.29 is 14.0 Å². The number of nitrogens with zero attached hydrogens (tertiary/aromatic N) is 3. The van der Waals surface area contributed by atoms with Crippen molar-refractivity contribution in [3.8, 4) is 0 Å². The number of anilines is 1. The van der Waals surface area contributed by atoms with Gasteiger partial charge in [0.2, 0.25) is 5.91 Å². The van der Waals surface area contributed by atoms with Crippen LogP contribution in [0, 0.1) is 5.82 Å². The Balaban J connectivity index is 1.58. The Kier molecular flexibility index (Phi) is 7.89. The van der Waals surface area contributed by atoms with E-state index in [0.29, 0.717) is 33.3 Å². The number of halogens is 3. The second kappa shape index (κ2) is 10.6. The summed E-state index contributed by atoms with van der Waals surface area (Å²) in [5.41, 5.74) is 0.493. The molecule has 0 unspecified atom stereocenters. The fourth-order valence-electron chi connectivity index (χ4n) is 2.68. The zero-order chi connectivity index (χ0) is 22.4. The Bertz CT molecular complexity index is 1110. The van der Waals surface area contributed by atoms with Gasteiger partial charge in [0.25, 0.3) is 5.91 Å². The normalized spacial score (nSPS) is 10.7. The van der Waals surface area contributed by atoms with Crippen molar-refractivity contribution in [2.24, 2.45) is 0 Å². The quantitative estimate of drug-likeness (QED) is 0.465. The Hall–Kier alpha value is -2.62. The zero-order valence-electron chi connectivity index (χ0n) is 16.4. The maximum Gasteiger partial charge on any atom is 0.254 e. The molecule has 2 N–H and O–H groups in total. The van der Waals surface area contributed by atoms with E-state index >= 15 is 0 Å². The van der Waals surface area contributed by atoms with Gasteiger partial charge in [0.05, 0.1) is 27.9 Å². The van der Waals surface area contributed by atoms with E-state index in [4.69, 9.17) is 23.2 Å². The van der Waals surface area contributed by atoms with Crippen LogP contribution in [0.15, 0.2) is 47.6 Å². The van der Waals surface area contributed by atoms with Crippen molar-refractivity contribution >= 4 is 52.5 Å². The number of amides is 2. The molecule has 0 aliphatic rings. The molecule has 0 saturated heterocycles. The molecular formula is C20H18Cl2FN5O2S. The minimum Gasteiger partial charge on any atom is -0.345 e. The first-order chi connectivity index (χ1) is 14.9. The van der Waals surface area contributed by atoms with Crippen molar-refractivity contribution in [2.45, 2.75) is 25.2 Å². The number of carbonyl (C=O) groups is 2. The third-order valence-electron chi connectivity index (χ3n) is 4.17. The summed E-state index contributed by atoms with van der Waals surface area (Å²) in [5, 5.41) is 14.8. The lowest BCUT2D eigenvalue weighted by atomic mass is 10.2. The van der Waals surface area contributed by atoms with Gasteiger partial charge in [-0.05, 0) is 37.3 Å². The van der Waals surface area contributed by atoms with Gasteiger partial charge >= 0.3 is 0 Å². The van der Waals surface area contributed by atoms with Crippen LogP contribution in [0.25, 0.3) is 0 Å². The van der Waals surface area contributed by atoms with Crippen molar-refractivity contribution in [2.75, 3.05) is 11.1 Å². The molecule has 11 heteroatoms. The van der Waals surface area contributed by atoms with E-state index in [1.54, 1.807) is 28.8 Å². The first-order valence-electron chi connectivity index (χ1n) is 9.21. The molecule has 0 saturated carbocycles. The summed E-state index contributed by atoms with van der Waals surface area (Å²) in [6, 6.07) is 10.6. The SMILES string of the molecule is CCn1c(CNC(=O)c2ccccc2F)nnc1SCC(=O)Nc1ccc(Cl)c(Cl)c1. The fraction of sp³-hybridized carbons (Fsp3) is 0.200. The van der Waals surface area contributed by atoms with Crippen LogP contribution in [-0.2, 0) is 17.9 Å². The Morgan fingerprint density at radius 1 is 1.13 bits per heavy atom. The van der Waals surface area contributed by atoms with Gasteiger partial charge in [0.1, 0.15) is 5.82 Å². The number of hydrogen-bond acceptors (Lipinski definition) is 5. The summed E-state index contributed by atoms with van der Waals surface area (Å²) in [4.78, 5) is 24.4. The van der Waals surface area contributed by atoms with Gasteiger partial charge in [-0.2, -0.15) is 0 Å². The molecule has 3 rings (SSSR count). The number of benzene rings is 2. The van der Waals surface area contributed by atoms with Crippen LogP contribution in [-0.4, -0.2) is 32.3 Å². The highest BCUT2D eigenvalue weighted by Crippen LogP contribution is 2.25. The minimum atomic E-state index is -0.596. The predicted molar refractivity (Wildman–Crippen MR) is 119 cm³/mol. The van der Waals surface area contributed by atoms with Crippen molar-refractivity contribution in [3.05, 3.63) is 69.7 Å². The highest BCUT2D eigenvalue weighted by molar-refractivity contribution is 7.99. The third kappa shape index (κ3) is 5.96. The smallest absolute Gasteiger partial charge is 0.254 e. The lowest BCUT2D eigenvalue weighted by molar-refractivity contribution is -0.113. The molecule has 0 atom stereocenters. The summed E-state index contributed by atoms with van der Waals surface area (Å²) >= 11 is 13.0. The van der Waals surface area contributed by atoms with E-state index in [0.717, 1.165) is 0 Å².